The molecule has 2 aromatic rings. The predicted octanol–water partition coefficient (Wildman–Crippen LogP) is 2.20. The van der Waals surface area contributed by atoms with Crippen LogP contribution in [-0.4, -0.2) is 40.2 Å². The molecule has 2 atom stereocenters. The Balaban J connectivity index is 1.51. The minimum atomic E-state index is -0.695. The van der Waals surface area contributed by atoms with Gasteiger partial charge in [-0.25, -0.2) is 9.37 Å². The minimum Gasteiger partial charge on any atom is -0.340 e. The van der Waals surface area contributed by atoms with Crippen molar-refractivity contribution < 1.29 is 18.8 Å². The Labute approximate surface area is 167 Å². The van der Waals surface area contributed by atoms with Crippen LogP contribution in [-0.2, 0) is 16.0 Å². The van der Waals surface area contributed by atoms with Gasteiger partial charge in [0.25, 0.3) is 5.91 Å². The van der Waals surface area contributed by atoms with Crippen molar-refractivity contribution in [1.29, 1.82) is 0 Å². The number of anilines is 1. The fourth-order valence-corrected chi connectivity index (χ4v) is 3.96. The van der Waals surface area contributed by atoms with E-state index in [1.54, 1.807) is 36.1 Å². The Morgan fingerprint density at radius 2 is 2.10 bits per heavy atom. The third-order valence-electron chi connectivity index (χ3n) is 5.50. The first kappa shape index (κ1) is 19.0. The summed E-state index contributed by atoms with van der Waals surface area (Å²) in [6.07, 6.45) is 2.75. The van der Waals surface area contributed by atoms with Crippen molar-refractivity contribution in [2.75, 3.05) is 11.9 Å². The van der Waals surface area contributed by atoms with Gasteiger partial charge in [0.15, 0.2) is 0 Å². The fourth-order valence-electron chi connectivity index (χ4n) is 3.96. The van der Waals surface area contributed by atoms with Crippen molar-refractivity contribution in [3.05, 3.63) is 59.0 Å². The maximum Gasteiger partial charge on any atom is 0.252 e. The SMILES string of the molecule is CC(c1ccccc1F)N1CCCC(NC(=O)c2ccnc3c2CC(=O)N3)C1=O. The average Bonchev–Trinajstić information content (AvgIpc) is 3.09. The van der Waals surface area contributed by atoms with Crippen LogP contribution in [0, 0.1) is 5.82 Å². The second kappa shape index (κ2) is 7.62. The Kier molecular flexibility index (Phi) is 5.00. The summed E-state index contributed by atoms with van der Waals surface area (Å²) in [5.41, 5.74) is 1.32. The standard InChI is InChI=1S/C21H21FN4O3/c1-12(13-5-2-3-6-16(13)22)26-10-4-7-17(21(26)29)24-20(28)14-8-9-23-19-15(14)11-18(27)25-19/h2-3,5-6,8-9,12,17H,4,7,10-11H2,1H3,(H,24,28)(H,23,25,27). The number of hydrogen-bond donors (Lipinski definition) is 2. The van der Waals surface area contributed by atoms with Gasteiger partial charge in [-0.1, -0.05) is 18.2 Å². The number of likely N-dealkylation sites (tertiary alicyclic amines) is 1. The van der Waals surface area contributed by atoms with E-state index < -0.39 is 18.0 Å². The number of piperidine rings is 1. The van der Waals surface area contributed by atoms with Crippen molar-refractivity contribution in [2.45, 2.75) is 38.3 Å². The van der Waals surface area contributed by atoms with Crippen LogP contribution >= 0.6 is 0 Å². The zero-order valence-electron chi connectivity index (χ0n) is 15.9. The van der Waals surface area contributed by atoms with E-state index in [0.717, 1.165) is 0 Å². The van der Waals surface area contributed by atoms with Gasteiger partial charge in [-0.3, -0.25) is 14.4 Å². The molecule has 2 N–H and O–H groups in total. The summed E-state index contributed by atoms with van der Waals surface area (Å²) < 4.78 is 14.2. The number of benzene rings is 1. The highest BCUT2D eigenvalue weighted by Gasteiger charge is 2.35. The molecular formula is C21H21FN4O3. The minimum absolute atomic E-state index is 0.0843. The van der Waals surface area contributed by atoms with E-state index in [1.165, 1.54) is 12.3 Å². The third kappa shape index (κ3) is 3.57. The van der Waals surface area contributed by atoms with Crippen molar-refractivity contribution >= 4 is 23.5 Å². The van der Waals surface area contributed by atoms with Crippen LogP contribution in [0.5, 0.6) is 0 Å². The summed E-state index contributed by atoms with van der Waals surface area (Å²) in [5, 5.41) is 5.40. The largest absolute Gasteiger partial charge is 0.340 e. The molecule has 150 valence electrons. The van der Waals surface area contributed by atoms with E-state index in [1.807, 2.05) is 0 Å². The lowest BCUT2D eigenvalue weighted by Crippen LogP contribution is -2.53. The zero-order chi connectivity index (χ0) is 20.5. The van der Waals surface area contributed by atoms with Gasteiger partial charge in [-0.05, 0) is 31.9 Å². The molecule has 0 aliphatic carbocycles. The molecule has 1 aromatic heterocycles. The number of carbonyl (C=O) groups excluding carboxylic acids is 3. The normalized spacial score (nSPS) is 19.5. The summed E-state index contributed by atoms with van der Waals surface area (Å²) in [5.74, 6) is -0.846. The van der Waals surface area contributed by atoms with Gasteiger partial charge < -0.3 is 15.5 Å². The molecule has 0 radical (unpaired) electrons. The number of carbonyl (C=O) groups is 3. The van der Waals surface area contributed by atoms with Crippen molar-refractivity contribution in [2.24, 2.45) is 0 Å². The Morgan fingerprint density at radius 3 is 2.90 bits per heavy atom. The first-order valence-corrected chi connectivity index (χ1v) is 9.59. The molecule has 4 rings (SSSR count). The van der Waals surface area contributed by atoms with Crippen LogP contribution in [0.1, 0.15) is 47.3 Å². The van der Waals surface area contributed by atoms with Crippen LogP contribution in [0.4, 0.5) is 10.2 Å². The molecule has 0 spiro atoms. The van der Waals surface area contributed by atoms with Gasteiger partial charge in [-0.2, -0.15) is 0 Å². The summed E-state index contributed by atoms with van der Waals surface area (Å²) >= 11 is 0. The number of amides is 3. The Bertz CT molecular complexity index is 994. The van der Waals surface area contributed by atoms with Crippen LogP contribution in [0.15, 0.2) is 36.5 Å². The molecule has 3 amide bonds. The number of hydrogen-bond acceptors (Lipinski definition) is 4. The first-order valence-electron chi connectivity index (χ1n) is 9.59. The van der Waals surface area contributed by atoms with Crippen molar-refractivity contribution in [3.8, 4) is 0 Å². The number of halogens is 1. The molecule has 2 aliphatic heterocycles. The second-order valence-electron chi connectivity index (χ2n) is 7.31. The lowest BCUT2D eigenvalue weighted by molar-refractivity contribution is -0.138. The van der Waals surface area contributed by atoms with E-state index in [2.05, 4.69) is 15.6 Å². The maximum absolute atomic E-state index is 14.2. The number of nitrogens with one attached hydrogen (secondary N) is 2. The highest BCUT2D eigenvalue weighted by molar-refractivity contribution is 6.05. The number of fused-ring (bicyclic) bond motifs is 1. The van der Waals surface area contributed by atoms with Gasteiger partial charge in [0.05, 0.1) is 12.5 Å². The Hall–Kier alpha value is -3.29. The van der Waals surface area contributed by atoms with Crippen molar-refractivity contribution in [1.82, 2.24) is 15.2 Å². The lowest BCUT2D eigenvalue weighted by Gasteiger charge is -2.37. The first-order chi connectivity index (χ1) is 14.0. The van der Waals surface area contributed by atoms with Crippen LogP contribution < -0.4 is 10.6 Å². The van der Waals surface area contributed by atoms with Gasteiger partial charge in [-0.15, -0.1) is 0 Å². The van der Waals surface area contributed by atoms with E-state index in [4.69, 9.17) is 0 Å². The highest BCUT2D eigenvalue weighted by Crippen LogP contribution is 2.28. The molecule has 0 bridgehead atoms. The fraction of sp³-hybridized carbons (Fsp3) is 0.333. The monoisotopic (exact) mass is 396 g/mol. The number of pyridine rings is 1. The summed E-state index contributed by atoms with van der Waals surface area (Å²) in [4.78, 5) is 43.1. The molecule has 29 heavy (non-hydrogen) atoms. The van der Waals surface area contributed by atoms with Gasteiger partial charge in [0, 0.05) is 29.4 Å². The Morgan fingerprint density at radius 1 is 1.31 bits per heavy atom. The molecule has 1 saturated heterocycles. The molecule has 0 saturated carbocycles. The van der Waals surface area contributed by atoms with Crippen LogP contribution in [0.2, 0.25) is 0 Å². The summed E-state index contributed by atoms with van der Waals surface area (Å²) in [6.45, 7) is 2.29. The quantitative estimate of drug-likeness (QED) is 0.829. The lowest BCUT2D eigenvalue weighted by atomic mass is 9.98. The van der Waals surface area contributed by atoms with E-state index in [0.29, 0.717) is 41.9 Å². The summed E-state index contributed by atoms with van der Waals surface area (Å²) in [7, 11) is 0. The van der Waals surface area contributed by atoms with Crippen LogP contribution in [0.3, 0.4) is 0 Å². The number of aromatic nitrogens is 1. The van der Waals surface area contributed by atoms with Gasteiger partial charge in [0.1, 0.15) is 17.7 Å². The smallest absolute Gasteiger partial charge is 0.252 e. The molecule has 3 heterocycles. The van der Waals surface area contributed by atoms with Gasteiger partial charge in [0.2, 0.25) is 11.8 Å². The molecule has 1 aromatic carbocycles. The molecule has 7 nitrogen and oxygen atoms in total. The number of rotatable bonds is 4. The molecule has 2 aliphatic rings. The average molecular weight is 396 g/mol. The van der Waals surface area contributed by atoms with E-state index >= 15 is 0 Å². The highest BCUT2D eigenvalue weighted by atomic mass is 19.1. The molecule has 2 unspecified atom stereocenters. The van der Waals surface area contributed by atoms with Crippen LogP contribution in [0.25, 0.3) is 0 Å². The number of nitrogens with zero attached hydrogens (tertiary/aromatic N) is 2. The van der Waals surface area contributed by atoms with Gasteiger partial charge >= 0.3 is 0 Å². The van der Waals surface area contributed by atoms with Crippen molar-refractivity contribution in [3.63, 3.8) is 0 Å². The second-order valence-corrected chi connectivity index (χ2v) is 7.31. The maximum atomic E-state index is 14.2. The summed E-state index contributed by atoms with van der Waals surface area (Å²) in [6, 6.07) is 6.80. The molecule has 8 heteroatoms. The topological polar surface area (TPSA) is 91.4 Å². The molecular weight excluding hydrogens is 375 g/mol. The zero-order valence-corrected chi connectivity index (χ0v) is 15.9. The van der Waals surface area contributed by atoms with E-state index in [9.17, 15) is 18.8 Å². The van der Waals surface area contributed by atoms with E-state index in [-0.39, 0.29) is 24.1 Å². The third-order valence-corrected chi connectivity index (χ3v) is 5.50. The predicted molar refractivity (Wildman–Crippen MR) is 104 cm³/mol. The molecule has 1 fully saturated rings.